The number of aromatic nitrogens is 9. The average Bonchev–Trinajstić information content (AvgIpc) is 1.51. The molecule has 10 heterocycles. The number of para-hydroxylation sites is 18. The maximum Gasteiger partial charge on any atom is 0.246 e. The first-order valence-corrected chi connectivity index (χ1v) is 35.6. The zero-order valence-corrected chi connectivity index (χ0v) is 58.7. The maximum absolute atomic E-state index is 15.1. The van der Waals surface area contributed by atoms with Crippen LogP contribution in [0.2, 0.25) is 0 Å². The summed E-state index contributed by atoms with van der Waals surface area (Å²) >= 11 is 3.34. The summed E-state index contributed by atoms with van der Waals surface area (Å²) in [6.07, 6.45) is 5.37. The number of pyridine rings is 3. The van der Waals surface area contributed by atoms with Gasteiger partial charge in [0, 0.05) is 43.0 Å². The third kappa shape index (κ3) is 11.4. The van der Waals surface area contributed by atoms with Gasteiger partial charge in [-0.3, -0.25) is 4.98 Å². The number of rotatable bonds is 8. The van der Waals surface area contributed by atoms with Gasteiger partial charge >= 0.3 is 0 Å². The predicted octanol–water partition coefficient (Wildman–Crippen LogP) is 23.8. The monoisotopic (exact) mass is 1470 g/mol. The van der Waals surface area contributed by atoms with E-state index in [2.05, 4.69) is 128 Å². The molecule has 0 aliphatic carbocycles. The van der Waals surface area contributed by atoms with Crippen LogP contribution in [0, 0.1) is 11.6 Å². The van der Waals surface area contributed by atoms with Gasteiger partial charge < -0.3 is 42.9 Å². The fourth-order valence-electron chi connectivity index (χ4n) is 14.4. The first-order chi connectivity index (χ1) is 53.2. The molecule has 0 spiro atoms. The van der Waals surface area contributed by atoms with Crippen LogP contribution in [0.5, 0.6) is 0 Å². The number of oxazole rings is 3. The van der Waals surface area contributed by atoms with Crippen molar-refractivity contribution in [3.63, 3.8) is 0 Å². The fraction of sp³-hybridized carbons (Fsp3) is 0. The van der Waals surface area contributed by atoms with Crippen LogP contribution in [-0.2, 0) is 0 Å². The quantitative estimate of drug-likeness (QED) is 0.138. The highest BCUT2D eigenvalue weighted by atomic mass is 79.9. The van der Waals surface area contributed by atoms with E-state index in [9.17, 15) is 4.39 Å². The molecule has 9 aromatic heterocycles. The van der Waals surface area contributed by atoms with E-state index in [0.717, 1.165) is 122 Å². The van der Waals surface area contributed by atoms with Crippen molar-refractivity contribution in [3.8, 4) is 51.8 Å². The zero-order chi connectivity index (χ0) is 72.3. The van der Waals surface area contributed by atoms with Crippen LogP contribution in [0.25, 0.3) is 151 Å². The van der Waals surface area contributed by atoms with Gasteiger partial charge in [-0.1, -0.05) is 164 Å². The van der Waals surface area contributed by atoms with Gasteiger partial charge in [-0.05, 0) is 162 Å². The van der Waals surface area contributed by atoms with Gasteiger partial charge in [0.15, 0.2) is 16.7 Å². The highest BCUT2D eigenvalue weighted by Gasteiger charge is 2.29. The summed E-state index contributed by atoms with van der Waals surface area (Å²) in [5, 5.41) is 9.76. The van der Waals surface area contributed by atoms with Crippen molar-refractivity contribution in [1.29, 1.82) is 0 Å². The number of nitrogens with one attached hydrogen (secondary N) is 1. The summed E-state index contributed by atoms with van der Waals surface area (Å²) < 4.78 is 54.2. The molecule has 22 rings (SSSR count). The lowest BCUT2D eigenvalue weighted by Crippen LogP contribution is -2.18. The Bertz CT molecular complexity index is 6910. The van der Waals surface area contributed by atoms with Crippen molar-refractivity contribution in [3.05, 3.63) is 344 Å². The number of anilines is 6. The largest absolute Gasteiger partial charge is 0.435 e. The molecule has 0 radical (unpaired) electrons. The molecule has 18 heteroatoms. The molecule has 0 saturated carbocycles. The molecule has 0 bridgehead atoms. The Balaban J connectivity index is 0.000000103. The standard InChI is InChI=1S/C30H19FN4O.C30H18N4O.C18H13FN2.C12H7BrN2O/c31-22-10-7-9-21-20-8-1-4-13-26(20)35(29(21)22)27-14-5-2-11-23(27)33-19-16-17-25(32-18-19)30-34-24-12-3-6-15-28(24)36-30;1-3-11-24-20(8-1)21-9-7-14-27-29(21)34(24)26-13-5-4-12-25(26)33(27)19-16-17-23(31-18-19)30-32-22-10-2-6-15-28(22)35-30;19-14-8-5-7-13-12-6-1-3-10-16(12)21(18(13)14)17-11-4-2-9-15(17)20;13-8-5-6-10(14-7-8)12-15-9-3-1-2-4-11(9)16-12/h1-18,33H;1-18H;1-11H,20H2;1-7H. The third-order valence-corrected chi connectivity index (χ3v) is 19.7. The van der Waals surface area contributed by atoms with E-state index >= 15 is 4.39 Å². The number of hydrogen-bond donors (Lipinski definition) is 2. The Kier molecular flexibility index (Phi) is 16.1. The summed E-state index contributed by atoms with van der Waals surface area (Å²) in [4.78, 5) is 29.3. The van der Waals surface area contributed by atoms with Gasteiger partial charge in [0.05, 0.1) is 96.7 Å². The normalized spacial score (nSPS) is 11.7. The molecule has 1 aliphatic rings. The lowest BCUT2D eigenvalue weighted by atomic mass is 10.1. The summed E-state index contributed by atoms with van der Waals surface area (Å²) in [6, 6.07) is 100. The molecule has 108 heavy (non-hydrogen) atoms. The highest BCUT2D eigenvalue weighted by Crippen LogP contribution is 2.50. The predicted molar refractivity (Wildman–Crippen MR) is 431 cm³/mol. The van der Waals surface area contributed by atoms with Gasteiger partial charge in [-0.25, -0.2) is 33.7 Å². The molecule has 0 saturated heterocycles. The van der Waals surface area contributed by atoms with Crippen molar-refractivity contribution in [2.45, 2.75) is 0 Å². The minimum Gasteiger partial charge on any atom is -0.435 e. The summed E-state index contributed by atoms with van der Waals surface area (Å²) in [7, 11) is 0. The van der Waals surface area contributed by atoms with Crippen LogP contribution in [0.4, 0.5) is 42.9 Å². The summed E-state index contributed by atoms with van der Waals surface area (Å²) in [5.41, 5.74) is 26.7. The van der Waals surface area contributed by atoms with E-state index < -0.39 is 0 Å². The van der Waals surface area contributed by atoms with Crippen LogP contribution in [0.15, 0.2) is 346 Å². The lowest BCUT2D eigenvalue weighted by Gasteiger charge is -2.32. The number of halogens is 3. The number of nitrogens with two attached hydrogens (primary N) is 1. The average molecular weight is 1470 g/mol. The van der Waals surface area contributed by atoms with E-state index in [4.69, 9.17) is 24.0 Å². The Hall–Kier alpha value is -14.4. The Labute approximate surface area is 622 Å². The smallest absolute Gasteiger partial charge is 0.246 e. The molecule has 0 fully saturated rings. The zero-order valence-electron chi connectivity index (χ0n) is 57.1. The molecular weight excluding hydrogens is 1410 g/mol. The van der Waals surface area contributed by atoms with Crippen molar-refractivity contribution in [1.82, 2.24) is 43.6 Å². The van der Waals surface area contributed by atoms with E-state index in [1.165, 1.54) is 33.9 Å². The van der Waals surface area contributed by atoms with Crippen molar-refractivity contribution in [2.24, 2.45) is 0 Å². The Morgan fingerprint density at radius 3 is 1.22 bits per heavy atom. The second-order valence-corrected chi connectivity index (χ2v) is 26.6. The van der Waals surface area contributed by atoms with Gasteiger partial charge in [-0.15, -0.1) is 0 Å². The minimum absolute atomic E-state index is 0.244. The van der Waals surface area contributed by atoms with Crippen LogP contribution in [0.3, 0.4) is 0 Å². The van der Waals surface area contributed by atoms with Gasteiger partial charge in [0.25, 0.3) is 0 Å². The molecule has 0 amide bonds. The second kappa shape index (κ2) is 27.0. The molecular formula is C90H57BrF2N12O3. The topological polar surface area (TPSA) is 173 Å². The van der Waals surface area contributed by atoms with E-state index in [1.807, 2.05) is 228 Å². The second-order valence-electron chi connectivity index (χ2n) is 25.7. The maximum atomic E-state index is 15.1. The molecule has 0 atom stereocenters. The fourth-order valence-corrected chi connectivity index (χ4v) is 14.7. The molecule has 516 valence electrons. The molecule has 21 aromatic rings. The minimum atomic E-state index is -0.261. The lowest BCUT2D eigenvalue weighted by molar-refractivity contribution is 0.616. The third-order valence-electron chi connectivity index (χ3n) is 19.2. The van der Waals surface area contributed by atoms with Crippen LogP contribution >= 0.6 is 15.9 Å². The number of hydrogen-bond acceptors (Lipinski definition) is 12. The molecule has 12 aromatic carbocycles. The van der Waals surface area contributed by atoms with E-state index in [0.29, 0.717) is 45.8 Å². The summed E-state index contributed by atoms with van der Waals surface area (Å²) in [6.45, 7) is 0. The van der Waals surface area contributed by atoms with Crippen molar-refractivity contribution >= 4 is 149 Å². The Morgan fingerprint density at radius 2 is 0.722 bits per heavy atom. The van der Waals surface area contributed by atoms with Crippen LogP contribution in [-0.4, -0.2) is 43.6 Å². The molecule has 0 unspecified atom stereocenters. The van der Waals surface area contributed by atoms with E-state index in [1.54, 1.807) is 24.5 Å². The first-order valence-electron chi connectivity index (χ1n) is 34.8. The van der Waals surface area contributed by atoms with Crippen molar-refractivity contribution in [2.75, 3.05) is 16.0 Å². The first kappa shape index (κ1) is 64.5. The van der Waals surface area contributed by atoms with Gasteiger partial charge in [0.1, 0.15) is 45.3 Å². The number of nitrogen functional groups attached to an aromatic ring is 1. The van der Waals surface area contributed by atoms with Crippen LogP contribution < -0.4 is 16.0 Å². The molecule has 1 aliphatic heterocycles. The number of benzene rings is 12. The number of nitrogens with zero attached hydrogens (tertiary/aromatic N) is 10. The molecule has 3 N–H and O–H groups in total. The molecule has 15 nitrogen and oxygen atoms in total. The van der Waals surface area contributed by atoms with Gasteiger partial charge in [-0.2, -0.15) is 0 Å². The Morgan fingerprint density at radius 1 is 0.324 bits per heavy atom. The number of fused-ring (bicyclic) bond motifs is 14. The summed E-state index contributed by atoms with van der Waals surface area (Å²) in [5.74, 6) is 1.05. The highest BCUT2D eigenvalue weighted by molar-refractivity contribution is 9.10. The SMILES string of the molecule is Brc1ccc(-c2nc3ccccc3o2)nc1.Fc1cccc2c3ccccc3n(-c3ccccc3Nc3ccc(-c4nc5ccccc5o4)nc3)c12.Nc1ccccc1-n1c2ccccc2c2cccc(F)c21.c1ccc2c(c1)N(c1ccc(-c3nc4ccccc4o3)nc1)c1cccc3c4ccccc4n-2c13. The van der Waals surface area contributed by atoms with Crippen molar-refractivity contribution < 1.29 is 22.0 Å². The van der Waals surface area contributed by atoms with Gasteiger partial charge in [0.2, 0.25) is 17.7 Å². The van der Waals surface area contributed by atoms with E-state index in [-0.39, 0.29) is 11.6 Å². The van der Waals surface area contributed by atoms with Crippen LogP contribution in [0.1, 0.15) is 0 Å².